The van der Waals surface area contributed by atoms with Crippen LogP contribution in [-0.4, -0.2) is 35.3 Å². The van der Waals surface area contributed by atoms with E-state index in [-0.39, 0.29) is 24.4 Å². The van der Waals surface area contributed by atoms with Crippen LogP contribution < -0.4 is 5.32 Å². The maximum absolute atomic E-state index is 11.6. The van der Waals surface area contributed by atoms with Gasteiger partial charge < -0.3 is 10.2 Å². The van der Waals surface area contributed by atoms with Crippen molar-refractivity contribution in [2.24, 2.45) is 0 Å². The lowest BCUT2D eigenvalue weighted by atomic mass is 10.2. The molecule has 86 valence electrons. The highest BCUT2D eigenvalue weighted by Gasteiger charge is 2.32. The van der Waals surface area contributed by atoms with Gasteiger partial charge in [0.25, 0.3) is 0 Å². The number of carbonyl (C=O) groups is 2. The first-order valence-electron chi connectivity index (χ1n) is 5.61. The van der Waals surface area contributed by atoms with Gasteiger partial charge in [0.1, 0.15) is 0 Å². The summed E-state index contributed by atoms with van der Waals surface area (Å²) < 4.78 is 0. The minimum Gasteiger partial charge on any atom is -0.352 e. The monoisotopic (exact) mass is 212 g/mol. The summed E-state index contributed by atoms with van der Waals surface area (Å²) in [6.45, 7) is 5.72. The molecule has 0 aromatic carbocycles. The summed E-state index contributed by atoms with van der Waals surface area (Å²) in [5, 5.41) is 2.86. The van der Waals surface area contributed by atoms with Gasteiger partial charge in [-0.25, -0.2) is 0 Å². The van der Waals surface area contributed by atoms with E-state index in [4.69, 9.17) is 0 Å². The van der Waals surface area contributed by atoms with Gasteiger partial charge in [-0.2, -0.15) is 0 Å². The quantitative estimate of drug-likeness (QED) is 0.736. The molecule has 0 bridgehead atoms. The highest BCUT2D eigenvalue weighted by atomic mass is 16.2. The lowest BCUT2D eigenvalue weighted by Crippen LogP contribution is -2.43. The molecule has 0 aromatic heterocycles. The van der Waals surface area contributed by atoms with Crippen molar-refractivity contribution >= 4 is 11.8 Å². The van der Waals surface area contributed by atoms with Crippen LogP contribution in [0, 0.1) is 0 Å². The van der Waals surface area contributed by atoms with Crippen LogP contribution in [0.4, 0.5) is 0 Å². The fourth-order valence-electron chi connectivity index (χ4n) is 1.46. The SMILES string of the molecule is CCC(C)NC(=O)CN(C(C)=O)C1CC1. The molecule has 1 saturated carbocycles. The van der Waals surface area contributed by atoms with Gasteiger partial charge in [0.15, 0.2) is 0 Å². The van der Waals surface area contributed by atoms with E-state index in [1.807, 2.05) is 13.8 Å². The van der Waals surface area contributed by atoms with E-state index in [9.17, 15) is 9.59 Å². The molecule has 0 radical (unpaired) electrons. The summed E-state index contributed by atoms with van der Waals surface area (Å²) in [5.74, 6) is -0.0525. The Hall–Kier alpha value is -1.06. The molecule has 1 aliphatic carbocycles. The summed E-state index contributed by atoms with van der Waals surface area (Å²) in [6, 6.07) is 0.496. The van der Waals surface area contributed by atoms with Crippen molar-refractivity contribution < 1.29 is 9.59 Å². The first kappa shape index (κ1) is 12.0. The first-order valence-corrected chi connectivity index (χ1v) is 5.61. The van der Waals surface area contributed by atoms with Crippen LogP contribution in [0.1, 0.15) is 40.0 Å². The number of amides is 2. The average Bonchev–Trinajstić information content (AvgIpc) is 2.96. The van der Waals surface area contributed by atoms with Crippen LogP contribution >= 0.6 is 0 Å². The smallest absolute Gasteiger partial charge is 0.239 e. The third kappa shape index (κ3) is 3.90. The number of rotatable bonds is 5. The fourth-order valence-corrected chi connectivity index (χ4v) is 1.46. The van der Waals surface area contributed by atoms with E-state index in [1.165, 1.54) is 6.92 Å². The third-order valence-corrected chi connectivity index (χ3v) is 2.73. The summed E-state index contributed by atoms with van der Waals surface area (Å²) in [7, 11) is 0. The molecule has 4 heteroatoms. The summed E-state index contributed by atoms with van der Waals surface area (Å²) >= 11 is 0. The molecule has 15 heavy (non-hydrogen) atoms. The molecule has 0 saturated heterocycles. The van der Waals surface area contributed by atoms with E-state index in [2.05, 4.69) is 5.32 Å². The van der Waals surface area contributed by atoms with Crippen LogP contribution in [0.15, 0.2) is 0 Å². The molecular formula is C11H20N2O2. The van der Waals surface area contributed by atoms with Gasteiger partial charge in [-0.3, -0.25) is 9.59 Å². The summed E-state index contributed by atoms with van der Waals surface area (Å²) in [5.41, 5.74) is 0. The van der Waals surface area contributed by atoms with Crippen molar-refractivity contribution in [3.8, 4) is 0 Å². The Morgan fingerprint density at radius 2 is 2.07 bits per heavy atom. The van der Waals surface area contributed by atoms with Crippen LogP contribution in [0.5, 0.6) is 0 Å². The number of nitrogens with one attached hydrogen (secondary N) is 1. The van der Waals surface area contributed by atoms with Crippen LogP contribution in [0.25, 0.3) is 0 Å². The highest BCUT2D eigenvalue weighted by molar-refractivity contribution is 5.84. The summed E-state index contributed by atoms with van der Waals surface area (Å²) in [6.07, 6.45) is 2.99. The second-order valence-electron chi connectivity index (χ2n) is 4.25. The number of carbonyl (C=O) groups excluding carboxylic acids is 2. The van der Waals surface area contributed by atoms with E-state index < -0.39 is 0 Å². The van der Waals surface area contributed by atoms with Crippen molar-refractivity contribution in [1.29, 1.82) is 0 Å². The van der Waals surface area contributed by atoms with Crippen LogP contribution in [0.3, 0.4) is 0 Å². The van der Waals surface area contributed by atoms with E-state index >= 15 is 0 Å². The number of hydrogen-bond acceptors (Lipinski definition) is 2. The van der Waals surface area contributed by atoms with Gasteiger partial charge in [0.05, 0.1) is 6.54 Å². The second kappa shape index (κ2) is 5.14. The summed E-state index contributed by atoms with van der Waals surface area (Å²) in [4.78, 5) is 24.5. The van der Waals surface area contributed by atoms with Gasteiger partial charge in [0.2, 0.25) is 11.8 Å². The van der Waals surface area contributed by atoms with Crippen molar-refractivity contribution in [3.05, 3.63) is 0 Å². The Bertz CT molecular complexity index is 249. The zero-order valence-corrected chi connectivity index (χ0v) is 9.75. The molecule has 1 atom stereocenters. The van der Waals surface area contributed by atoms with Gasteiger partial charge in [-0.05, 0) is 26.2 Å². The second-order valence-corrected chi connectivity index (χ2v) is 4.25. The van der Waals surface area contributed by atoms with Crippen LogP contribution in [-0.2, 0) is 9.59 Å². The fraction of sp³-hybridized carbons (Fsp3) is 0.818. The number of nitrogens with zero attached hydrogens (tertiary/aromatic N) is 1. The maximum Gasteiger partial charge on any atom is 0.239 e. The molecule has 1 N–H and O–H groups in total. The minimum absolute atomic E-state index is 0.00296. The van der Waals surface area contributed by atoms with Crippen molar-refractivity contribution in [3.63, 3.8) is 0 Å². The molecule has 0 heterocycles. The molecule has 0 aliphatic heterocycles. The third-order valence-electron chi connectivity index (χ3n) is 2.73. The van der Waals surface area contributed by atoms with Crippen molar-refractivity contribution in [1.82, 2.24) is 10.2 Å². The average molecular weight is 212 g/mol. The van der Waals surface area contributed by atoms with Gasteiger partial charge in [-0.1, -0.05) is 6.92 Å². The Balaban J connectivity index is 2.37. The van der Waals surface area contributed by atoms with Crippen molar-refractivity contribution in [2.75, 3.05) is 6.54 Å². The Kier molecular flexibility index (Phi) is 4.12. The molecule has 1 unspecified atom stereocenters. The molecule has 4 nitrogen and oxygen atoms in total. The Morgan fingerprint density at radius 1 is 1.47 bits per heavy atom. The predicted octanol–water partition coefficient (Wildman–Crippen LogP) is 0.912. The lowest BCUT2D eigenvalue weighted by Gasteiger charge is -2.21. The zero-order valence-electron chi connectivity index (χ0n) is 9.75. The lowest BCUT2D eigenvalue weighted by molar-refractivity contribution is -0.135. The van der Waals surface area contributed by atoms with E-state index in [1.54, 1.807) is 4.90 Å². The highest BCUT2D eigenvalue weighted by Crippen LogP contribution is 2.26. The standard InChI is InChI=1S/C11H20N2O2/c1-4-8(2)12-11(15)7-13(9(3)14)10-5-6-10/h8,10H,4-7H2,1-3H3,(H,12,15). The first-order chi connectivity index (χ1) is 7.04. The largest absolute Gasteiger partial charge is 0.352 e. The Labute approximate surface area is 91.0 Å². The van der Waals surface area contributed by atoms with E-state index in [0.29, 0.717) is 6.04 Å². The molecule has 2 amide bonds. The van der Waals surface area contributed by atoms with Gasteiger partial charge in [-0.15, -0.1) is 0 Å². The van der Waals surface area contributed by atoms with Crippen molar-refractivity contribution in [2.45, 2.75) is 52.1 Å². The zero-order chi connectivity index (χ0) is 11.4. The molecule has 1 fully saturated rings. The van der Waals surface area contributed by atoms with Gasteiger partial charge >= 0.3 is 0 Å². The topological polar surface area (TPSA) is 49.4 Å². The van der Waals surface area contributed by atoms with Crippen LogP contribution in [0.2, 0.25) is 0 Å². The molecule has 0 spiro atoms. The Morgan fingerprint density at radius 3 is 2.47 bits per heavy atom. The van der Waals surface area contributed by atoms with E-state index in [0.717, 1.165) is 19.3 Å². The molecule has 1 aliphatic rings. The van der Waals surface area contributed by atoms with Gasteiger partial charge in [0, 0.05) is 19.0 Å². The molecule has 0 aromatic rings. The predicted molar refractivity (Wildman–Crippen MR) is 58.3 cm³/mol. The number of hydrogen-bond donors (Lipinski definition) is 1. The normalized spacial score (nSPS) is 17.0. The molecule has 1 rings (SSSR count). The minimum atomic E-state index is -0.0496. The maximum atomic E-state index is 11.6. The molecular weight excluding hydrogens is 192 g/mol.